The van der Waals surface area contributed by atoms with Gasteiger partial charge in [0.05, 0.1) is 27.7 Å². The molecule has 0 radical (unpaired) electrons. The molecule has 1 amide bonds. The van der Waals surface area contributed by atoms with Crippen molar-refractivity contribution in [3.63, 3.8) is 0 Å². The molecule has 0 aliphatic carbocycles. The number of amidine groups is 1. The minimum Gasteiger partial charge on any atom is -0.454 e. The van der Waals surface area contributed by atoms with Gasteiger partial charge in [-0.25, -0.2) is 17.9 Å². The van der Waals surface area contributed by atoms with Crippen molar-refractivity contribution >= 4 is 33.4 Å². The number of hydrogen-bond donors (Lipinski definition) is 2. The predicted molar refractivity (Wildman–Crippen MR) is 125 cm³/mol. The smallest absolute Gasteiger partial charge is 0.331 e. The van der Waals surface area contributed by atoms with Crippen LogP contribution in [0.3, 0.4) is 0 Å². The Kier molecular flexibility index (Phi) is 6.20. The molecule has 4 rings (SSSR count). The normalized spacial score (nSPS) is 15.9. The number of sulfonamides is 1. The zero-order valence-electron chi connectivity index (χ0n) is 18.8. The number of aliphatic imine (C=N–C) groups is 1. The summed E-state index contributed by atoms with van der Waals surface area (Å²) in [5, 5.41) is 7.20. The molecule has 2 aromatic carbocycles. The number of amides is 1. The molecule has 11 heteroatoms. The number of aromatic nitrogens is 2. The molecule has 0 fully saturated rings. The van der Waals surface area contributed by atoms with Crippen LogP contribution in [0.4, 0.5) is 5.69 Å². The highest BCUT2D eigenvalue weighted by atomic mass is 32.2. The Morgan fingerprint density at radius 1 is 1.12 bits per heavy atom. The third-order valence-corrected chi connectivity index (χ3v) is 6.63. The van der Waals surface area contributed by atoms with Gasteiger partial charge >= 0.3 is 5.97 Å². The maximum absolute atomic E-state index is 12.4. The Bertz CT molecular complexity index is 1400. The number of anilines is 1. The fraction of sp³-hybridized carbons (Fsp3) is 0.217. The van der Waals surface area contributed by atoms with E-state index in [-0.39, 0.29) is 10.7 Å². The first-order valence-electron chi connectivity index (χ1n) is 10.5. The molecule has 3 aromatic rings. The van der Waals surface area contributed by atoms with Crippen LogP contribution in [-0.4, -0.2) is 48.6 Å². The fourth-order valence-corrected chi connectivity index (χ4v) is 4.79. The van der Waals surface area contributed by atoms with E-state index in [0.717, 1.165) is 11.4 Å². The van der Waals surface area contributed by atoms with Gasteiger partial charge in [0.2, 0.25) is 0 Å². The van der Waals surface area contributed by atoms with Crippen molar-refractivity contribution in [2.24, 2.45) is 4.99 Å². The number of nitrogens with one attached hydrogen (secondary N) is 2. The zero-order chi connectivity index (χ0) is 24.5. The van der Waals surface area contributed by atoms with Crippen molar-refractivity contribution in [1.82, 2.24) is 14.5 Å². The van der Waals surface area contributed by atoms with Crippen LogP contribution in [0.25, 0.3) is 5.69 Å². The molecule has 2 N–H and O–H groups in total. The van der Waals surface area contributed by atoms with Gasteiger partial charge in [-0.1, -0.05) is 30.3 Å². The Balaban J connectivity index is 1.39. The lowest BCUT2D eigenvalue weighted by Gasteiger charge is -2.10. The van der Waals surface area contributed by atoms with Crippen LogP contribution in [0.5, 0.6) is 0 Å². The molecule has 0 unspecified atom stereocenters. The fourth-order valence-electron chi connectivity index (χ4n) is 3.55. The van der Waals surface area contributed by atoms with Crippen molar-refractivity contribution in [3.05, 3.63) is 71.5 Å². The average Bonchev–Trinajstić information content (AvgIpc) is 3.25. The van der Waals surface area contributed by atoms with E-state index in [0.29, 0.717) is 16.9 Å². The second kappa shape index (κ2) is 9.10. The van der Waals surface area contributed by atoms with E-state index in [1.807, 2.05) is 37.3 Å². The van der Waals surface area contributed by atoms with Crippen molar-refractivity contribution in [2.75, 3.05) is 11.9 Å². The highest BCUT2D eigenvalue weighted by Gasteiger charge is 2.31. The highest BCUT2D eigenvalue weighted by Crippen LogP contribution is 2.24. The lowest BCUT2D eigenvalue weighted by atomic mass is 10.2. The van der Waals surface area contributed by atoms with Crippen LogP contribution in [0.1, 0.15) is 23.9 Å². The van der Waals surface area contributed by atoms with Crippen LogP contribution < -0.4 is 10.0 Å². The van der Waals surface area contributed by atoms with E-state index in [9.17, 15) is 18.0 Å². The van der Waals surface area contributed by atoms with Gasteiger partial charge in [-0.3, -0.25) is 14.5 Å². The number of ether oxygens (including phenoxy) is 1. The molecule has 2 heterocycles. The lowest BCUT2D eigenvalue weighted by molar-refractivity contribution is -0.148. The van der Waals surface area contributed by atoms with Gasteiger partial charge in [0, 0.05) is 5.56 Å². The van der Waals surface area contributed by atoms with E-state index in [1.54, 1.807) is 29.8 Å². The third kappa shape index (κ3) is 4.55. The molecular formula is C23H23N5O5S. The second-order valence-electron chi connectivity index (χ2n) is 7.70. The summed E-state index contributed by atoms with van der Waals surface area (Å²) >= 11 is 0. The first-order valence-corrected chi connectivity index (χ1v) is 11.9. The largest absolute Gasteiger partial charge is 0.454 e. The topological polar surface area (TPSA) is 132 Å². The van der Waals surface area contributed by atoms with E-state index in [1.165, 1.54) is 13.0 Å². The van der Waals surface area contributed by atoms with Gasteiger partial charge < -0.3 is 10.1 Å². The Hall–Kier alpha value is -3.99. The molecule has 1 aliphatic rings. The van der Waals surface area contributed by atoms with Gasteiger partial charge in [-0.15, -0.1) is 0 Å². The van der Waals surface area contributed by atoms with Crippen LogP contribution in [-0.2, 0) is 24.3 Å². The number of hydrogen-bond acceptors (Lipinski definition) is 7. The minimum absolute atomic E-state index is 0.0593. The summed E-state index contributed by atoms with van der Waals surface area (Å²) < 4.78 is 33.5. The molecule has 1 aromatic heterocycles. The standard InChI is InChI=1S/C23H23N5O5S/c1-14-21(16(3)28(26-14)17-9-5-4-6-10-17)25-20(29)13-33-23(30)15(2)24-22-18-11-7-8-12-19(18)34(31,32)27-22/h4-12,15H,13H2,1-3H3,(H,24,27)(H,25,29)/t15-/m0/s1. The summed E-state index contributed by atoms with van der Waals surface area (Å²) in [6.45, 7) is 4.53. The molecule has 10 nitrogen and oxygen atoms in total. The quantitative estimate of drug-likeness (QED) is 0.518. The molecule has 0 spiro atoms. The van der Waals surface area contributed by atoms with Crippen LogP contribution in [0, 0.1) is 13.8 Å². The van der Waals surface area contributed by atoms with Crippen molar-refractivity contribution in [2.45, 2.75) is 31.7 Å². The molecule has 176 valence electrons. The number of fused-ring (bicyclic) bond motifs is 1. The molecule has 1 atom stereocenters. The molecule has 0 saturated carbocycles. The SMILES string of the molecule is Cc1nn(-c2ccccc2)c(C)c1NC(=O)COC(=O)[C@H](C)N=C1NS(=O)(=O)c2ccccc21. The lowest BCUT2D eigenvalue weighted by Crippen LogP contribution is -2.29. The van der Waals surface area contributed by atoms with Crippen LogP contribution >= 0.6 is 0 Å². The van der Waals surface area contributed by atoms with E-state index < -0.39 is 34.5 Å². The third-order valence-electron chi connectivity index (χ3n) is 5.23. The molecular weight excluding hydrogens is 458 g/mol. The van der Waals surface area contributed by atoms with Crippen LogP contribution in [0.15, 0.2) is 64.5 Å². The summed E-state index contributed by atoms with van der Waals surface area (Å²) in [6, 6.07) is 14.8. The number of esters is 1. The summed E-state index contributed by atoms with van der Waals surface area (Å²) in [6.07, 6.45) is 0. The summed E-state index contributed by atoms with van der Waals surface area (Å²) in [7, 11) is -3.72. The molecule has 1 aliphatic heterocycles. The number of para-hydroxylation sites is 1. The van der Waals surface area contributed by atoms with Gasteiger partial charge in [-0.2, -0.15) is 5.10 Å². The maximum atomic E-state index is 12.4. The zero-order valence-corrected chi connectivity index (χ0v) is 19.6. The maximum Gasteiger partial charge on any atom is 0.331 e. The predicted octanol–water partition coefficient (Wildman–Crippen LogP) is 2.10. The number of carbonyl (C=O) groups is 2. The Labute approximate surface area is 196 Å². The Morgan fingerprint density at radius 3 is 2.53 bits per heavy atom. The van der Waals surface area contributed by atoms with Crippen LogP contribution in [0.2, 0.25) is 0 Å². The van der Waals surface area contributed by atoms with Crippen molar-refractivity contribution in [1.29, 1.82) is 0 Å². The number of benzene rings is 2. The van der Waals surface area contributed by atoms with E-state index in [2.05, 4.69) is 20.1 Å². The number of nitrogens with zero attached hydrogens (tertiary/aromatic N) is 3. The molecule has 0 saturated heterocycles. The number of rotatable bonds is 6. The first-order chi connectivity index (χ1) is 16.2. The van der Waals surface area contributed by atoms with Gasteiger partial charge in [-0.05, 0) is 45.0 Å². The number of carbonyl (C=O) groups excluding carboxylic acids is 2. The summed E-state index contributed by atoms with van der Waals surface area (Å²) in [5.41, 5.74) is 3.12. The molecule has 34 heavy (non-hydrogen) atoms. The van der Waals surface area contributed by atoms with Gasteiger partial charge in [0.25, 0.3) is 15.9 Å². The average molecular weight is 482 g/mol. The Morgan fingerprint density at radius 2 is 1.79 bits per heavy atom. The van der Waals surface area contributed by atoms with Crippen molar-refractivity contribution in [3.8, 4) is 5.69 Å². The first kappa shape index (κ1) is 23.2. The minimum atomic E-state index is -3.72. The summed E-state index contributed by atoms with van der Waals surface area (Å²) in [4.78, 5) is 29.1. The highest BCUT2D eigenvalue weighted by molar-refractivity contribution is 7.90. The van der Waals surface area contributed by atoms with Crippen molar-refractivity contribution < 1.29 is 22.7 Å². The summed E-state index contributed by atoms with van der Waals surface area (Å²) in [5.74, 6) is -1.23. The van der Waals surface area contributed by atoms with Gasteiger partial charge in [0.15, 0.2) is 6.61 Å². The second-order valence-corrected chi connectivity index (χ2v) is 9.36. The van der Waals surface area contributed by atoms with E-state index in [4.69, 9.17) is 4.74 Å². The van der Waals surface area contributed by atoms with Gasteiger partial charge in [0.1, 0.15) is 11.9 Å². The molecule has 0 bridgehead atoms. The van der Waals surface area contributed by atoms with E-state index >= 15 is 0 Å². The monoisotopic (exact) mass is 481 g/mol. The number of aryl methyl sites for hydroxylation is 1.